The first-order chi connectivity index (χ1) is 8.99. The van der Waals surface area contributed by atoms with Gasteiger partial charge in [-0.1, -0.05) is 0 Å². The second kappa shape index (κ2) is 5.26. The average molecular weight is 263 g/mol. The van der Waals surface area contributed by atoms with E-state index < -0.39 is 4.92 Å². The topological polar surface area (TPSA) is 66.7 Å². The summed E-state index contributed by atoms with van der Waals surface area (Å²) in [4.78, 5) is 25.6. The van der Waals surface area contributed by atoms with Gasteiger partial charge in [0.1, 0.15) is 0 Å². The minimum atomic E-state index is -0.402. The van der Waals surface area contributed by atoms with Gasteiger partial charge in [0.25, 0.3) is 5.69 Å². The maximum Gasteiger partial charge on any atom is 0.269 e. The molecular weight excluding hydrogens is 246 g/mol. The standard InChI is InChI=1S/C13H17N3O3/c1-10-9-14(11(2)17)7-8-15(10)12-3-5-13(6-4-12)16(18)19/h3-6,10H,7-9H2,1-2H3/t10-/m1/s1. The summed E-state index contributed by atoms with van der Waals surface area (Å²) in [6.45, 7) is 5.76. The fourth-order valence-corrected chi connectivity index (χ4v) is 2.39. The third-order valence-electron chi connectivity index (χ3n) is 3.46. The van der Waals surface area contributed by atoms with Crippen molar-refractivity contribution in [2.75, 3.05) is 24.5 Å². The molecule has 1 aromatic carbocycles. The number of benzene rings is 1. The van der Waals surface area contributed by atoms with Gasteiger partial charge in [-0.05, 0) is 19.1 Å². The normalized spacial score (nSPS) is 19.4. The molecule has 0 radical (unpaired) electrons. The molecule has 1 atom stereocenters. The minimum absolute atomic E-state index is 0.0928. The first-order valence-electron chi connectivity index (χ1n) is 6.25. The van der Waals surface area contributed by atoms with E-state index in [1.807, 2.05) is 4.90 Å². The Bertz CT molecular complexity index is 486. The largest absolute Gasteiger partial charge is 0.365 e. The third kappa shape index (κ3) is 2.83. The van der Waals surface area contributed by atoms with Crippen LogP contribution in [0.2, 0.25) is 0 Å². The molecule has 19 heavy (non-hydrogen) atoms. The lowest BCUT2D eigenvalue weighted by molar-refractivity contribution is -0.384. The molecule has 2 rings (SSSR count). The molecule has 0 aromatic heterocycles. The summed E-state index contributed by atoms with van der Waals surface area (Å²) in [7, 11) is 0. The number of piperazine rings is 1. The van der Waals surface area contributed by atoms with Gasteiger partial charge in [0.05, 0.1) is 4.92 Å². The van der Waals surface area contributed by atoms with Crippen molar-refractivity contribution in [3.63, 3.8) is 0 Å². The van der Waals surface area contributed by atoms with Crippen molar-refractivity contribution in [1.82, 2.24) is 4.90 Å². The van der Waals surface area contributed by atoms with Crippen molar-refractivity contribution in [3.05, 3.63) is 34.4 Å². The summed E-state index contributed by atoms with van der Waals surface area (Å²) in [5.74, 6) is 0.0928. The minimum Gasteiger partial charge on any atom is -0.365 e. The number of nitrogens with zero attached hydrogens (tertiary/aromatic N) is 3. The Hall–Kier alpha value is -2.11. The van der Waals surface area contributed by atoms with E-state index in [0.717, 1.165) is 12.2 Å². The lowest BCUT2D eigenvalue weighted by Gasteiger charge is -2.40. The van der Waals surface area contributed by atoms with Crippen molar-refractivity contribution in [2.45, 2.75) is 19.9 Å². The average Bonchev–Trinajstić information content (AvgIpc) is 2.38. The molecule has 1 aliphatic rings. The number of rotatable bonds is 2. The zero-order chi connectivity index (χ0) is 14.0. The molecule has 1 saturated heterocycles. The van der Waals surface area contributed by atoms with Crippen LogP contribution in [0.15, 0.2) is 24.3 Å². The highest BCUT2D eigenvalue weighted by Gasteiger charge is 2.25. The predicted octanol–water partition coefficient (Wildman–Crippen LogP) is 1.65. The van der Waals surface area contributed by atoms with Crippen molar-refractivity contribution in [3.8, 4) is 0 Å². The molecule has 1 fully saturated rings. The van der Waals surface area contributed by atoms with E-state index in [9.17, 15) is 14.9 Å². The van der Waals surface area contributed by atoms with Crippen LogP contribution < -0.4 is 4.90 Å². The lowest BCUT2D eigenvalue weighted by Crippen LogP contribution is -2.53. The smallest absolute Gasteiger partial charge is 0.269 e. The maximum absolute atomic E-state index is 11.3. The Balaban J connectivity index is 2.10. The van der Waals surface area contributed by atoms with Crippen molar-refractivity contribution in [1.29, 1.82) is 0 Å². The van der Waals surface area contributed by atoms with Crippen molar-refractivity contribution >= 4 is 17.3 Å². The number of nitro groups is 1. The molecular formula is C13H17N3O3. The molecule has 6 nitrogen and oxygen atoms in total. The monoisotopic (exact) mass is 263 g/mol. The SMILES string of the molecule is CC(=O)N1CCN(c2ccc([N+](=O)[O-])cc2)[C@H](C)C1. The predicted molar refractivity (Wildman–Crippen MR) is 72.2 cm³/mol. The van der Waals surface area contributed by atoms with Gasteiger partial charge in [0.15, 0.2) is 0 Å². The van der Waals surface area contributed by atoms with Crippen LogP contribution in [-0.2, 0) is 4.79 Å². The molecule has 6 heteroatoms. The summed E-state index contributed by atoms with van der Waals surface area (Å²) in [6.07, 6.45) is 0. The quantitative estimate of drug-likeness (QED) is 0.601. The van der Waals surface area contributed by atoms with E-state index in [-0.39, 0.29) is 17.6 Å². The van der Waals surface area contributed by atoms with Gasteiger partial charge in [-0.15, -0.1) is 0 Å². The van der Waals surface area contributed by atoms with Gasteiger partial charge in [-0.2, -0.15) is 0 Å². The summed E-state index contributed by atoms with van der Waals surface area (Å²) in [6, 6.07) is 6.76. The first-order valence-corrected chi connectivity index (χ1v) is 6.25. The van der Waals surface area contributed by atoms with E-state index in [2.05, 4.69) is 11.8 Å². The van der Waals surface area contributed by atoms with Crippen LogP contribution in [0.4, 0.5) is 11.4 Å². The second-order valence-corrected chi connectivity index (χ2v) is 4.78. The number of anilines is 1. The highest BCUT2D eigenvalue weighted by molar-refractivity contribution is 5.73. The number of carbonyl (C=O) groups excluding carboxylic acids is 1. The van der Waals surface area contributed by atoms with Crippen LogP contribution in [0, 0.1) is 10.1 Å². The van der Waals surface area contributed by atoms with Gasteiger partial charge in [0, 0.05) is 50.4 Å². The van der Waals surface area contributed by atoms with Gasteiger partial charge in [-0.25, -0.2) is 0 Å². The molecule has 0 saturated carbocycles. The van der Waals surface area contributed by atoms with Crippen LogP contribution in [0.3, 0.4) is 0 Å². The molecule has 1 heterocycles. The molecule has 0 bridgehead atoms. The first kappa shape index (κ1) is 13.3. The second-order valence-electron chi connectivity index (χ2n) is 4.78. The van der Waals surface area contributed by atoms with Crippen LogP contribution in [0.25, 0.3) is 0 Å². The van der Waals surface area contributed by atoms with E-state index in [1.165, 1.54) is 12.1 Å². The molecule has 0 unspecified atom stereocenters. The fraction of sp³-hybridized carbons (Fsp3) is 0.462. The molecule has 0 spiro atoms. The maximum atomic E-state index is 11.3. The zero-order valence-electron chi connectivity index (χ0n) is 11.1. The molecule has 1 amide bonds. The number of nitro benzene ring substituents is 1. The van der Waals surface area contributed by atoms with E-state index in [4.69, 9.17) is 0 Å². The highest BCUT2D eigenvalue weighted by atomic mass is 16.6. The van der Waals surface area contributed by atoms with E-state index in [0.29, 0.717) is 13.1 Å². The fourth-order valence-electron chi connectivity index (χ4n) is 2.39. The molecule has 1 aromatic rings. The Morgan fingerprint density at radius 3 is 2.42 bits per heavy atom. The summed E-state index contributed by atoms with van der Waals surface area (Å²) in [5, 5.41) is 10.6. The Morgan fingerprint density at radius 1 is 1.32 bits per heavy atom. The summed E-state index contributed by atoms with van der Waals surface area (Å²) in [5.41, 5.74) is 1.06. The van der Waals surface area contributed by atoms with Crippen LogP contribution in [0.5, 0.6) is 0 Å². The molecule has 0 N–H and O–H groups in total. The van der Waals surface area contributed by atoms with E-state index in [1.54, 1.807) is 19.1 Å². The summed E-state index contributed by atoms with van der Waals surface area (Å²) >= 11 is 0. The van der Waals surface area contributed by atoms with Gasteiger partial charge in [0.2, 0.25) is 5.91 Å². The Labute approximate surface area is 111 Å². The third-order valence-corrected chi connectivity index (χ3v) is 3.46. The van der Waals surface area contributed by atoms with Gasteiger partial charge in [-0.3, -0.25) is 14.9 Å². The van der Waals surface area contributed by atoms with Gasteiger partial charge < -0.3 is 9.80 Å². The Morgan fingerprint density at radius 2 is 1.95 bits per heavy atom. The van der Waals surface area contributed by atoms with E-state index >= 15 is 0 Å². The number of hydrogen-bond donors (Lipinski definition) is 0. The van der Waals surface area contributed by atoms with Crippen LogP contribution in [0.1, 0.15) is 13.8 Å². The number of amides is 1. The Kier molecular flexibility index (Phi) is 3.69. The van der Waals surface area contributed by atoms with Crippen LogP contribution >= 0.6 is 0 Å². The highest BCUT2D eigenvalue weighted by Crippen LogP contribution is 2.23. The number of carbonyl (C=O) groups is 1. The molecule has 0 aliphatic carbocycles. The summed E-state index contributed by atoms with van der Waals surface area (Å²) < 4.78 is 0. The molecule has 102 valence electrons. The van der Waals surface area contributed by atoms with Gasteiger partial charge >= 0.3 is 0 Å². The zero-order valence-corrected chi connectivity index (χ0v) is 11.1. The lowest BCUT2D eigenvalue weighted by atomic mass is 10.1. The van der Waals surface area contributed by atoms with Crippen LogP contribution in [-0.4, -0.2) is 41.4 Å². The number of hydrogen-bond acceptors (Lipinski definition) is 4. The number of non-ortho nitro benzene ring substituents is 1. The molecule has 1 aliphatic heterocycles. The van der Waals surface area contributed by atoms with Crippen molar-refractivity contribution in [2.24, 2.45) is 0 Å². The van der Waals surface area contributed by atoms with Crippen molar-refractivity contribution < 1.29 is 9.72 Å².